The van der Waals surface area contributed by atoms with Crippen LogP contribution in [0.1, 0.15) is 81.3 Å². The molecule has 5 heteroatoms. The average Bonchev–Trinajstić information content (AvgIpc) is 3.32. The molecule has 1 aromatic carbocycles. The first-order valence-electron chi connectivity index (χ1n) is 11.5. The number of benzene rings is 1. The van der Waals surface area contributed by atoms with Gasteiger partial charge in [-0.15, -0.1) is 0 Å². The molecule has 4 rings (SSSR count). The van der Waals surface area contributed by atoms with Crippen LogP contribution in [-0.2, 0) is 9.53 Å². The summed E-state index contributed by atoms with van der Waals surface area (Å²) in [6.07, 6.45) is 7.57. The fourth-order valence-corrected chi connectivity index (χ4v) is 5.69. The zero-order chi connectivity index (χ0) is 22.9. The lowest BCUT2D eigenvalue weighted by atomic mass is 9.55. The van der Waals surface area contributed by atoms with Crippen molar-refractivity contribution in [3.63, 3.8) is 0 Å². The Kier molecular flexibility index (Phi) is 6.02. The summed E-state index contributed by atoms with van der Waals surface area (Å²) in [4.78, 5) is 25.1. The number of furan rings is 1. The van der Waals surface area contributed by atoms with E-state index in [1.54, 1.807) is 24.7 Å². The highest BCUT2D eigenvalue weighted by molar-refractivity contribution is 5.89. The number of hydrogen-bond acceptors (Lipinski definition) is 4. The zero-order valence-electron chi connectivity index (χ0n) is 19.1. The lowest BCUT2D eigenvalue weighted by Crippen LogP contribution is -2.42. The first-order chi connectivity index (χ1) is 15.3. The third-order valence-electron chi connectivity index (χ3n) is 7.99. The van der Waals surface area contributed by atoms with Crippen LogP contribution in [0.25, 0.3) is 0 Å². The van der Waals surface area contributed by atoms with Crippen molar-refractivity contribution in [1.82, 2.24) is 0 Å². The molecule has 32 heavy (non-hydrogen) atoms. The summed E-state index contributed by atoms with van der Waals surface area (Å²) in [6, 6.07) is 10.8. The maximum atomic E-state index is 12.9. The lowest BCUT2D eigenvalue weighted by molar-refractivity contribution is -0.146. The van der Waals surface area contributed by atoms with Crippen LogP contribution in [0.2, 0.25) is 0 Å². The second-order valence-electron chi connectivity index (χ2n) is 9.83. The second-order valence-corrected chi connectivity index (χ2v) is 9.83. The predicted molar refractivity (Wildman–Crippen MR) is 121 cm³/mol. The van der Waals surface area contributed by atoms with Crippen LogP contribution < -0.4 is 0 Å². The Bertz CT molecular complexity index is 1010. The number of ether oxygens (including phenoxy) is 1. The molecule has 0 saturated carbocycles. The Balaban J connectivity index is 1.70. The van der Waals surface area contributed by atoms with E-state index in [-0.39, 0.29) is 11.4 Å². The van der Waals surface area contributed by atoms with Crippen molar-refractivity contribution in [2.45, 2.75) is 65.4 Å². The molecule has 0 amide bonds. The van der Waals surface area contributed by atoms with Crippen molar-refractivity contribution in [3.8, 4) is 0 Å². The Morgan fingerprint density at radius 3 is 2.56 bits per heavy atom. The summed E-state index contributed by atoms with van der Waals surface area (Å²) < 4.78 is 11.4. The van der Waals surface area contributed by atoms with Crippen LogP contribution in [0.5, 0.6) is 0 Å². The van der Waals surface area contributed by atoms with Crippen molar-refractivity contribution in [2.75, 3.05) is 0 Å². The van der Waals surface area contributed by atoms with Crippen LogP contribution in [0.4, 0.5) is 0 Å². The van der Waals surface area contributed by atoms with E-state index in [4.69, 9.17) is 9.15 Å². The molecule has 0 bridgehead atoms. The van der Waals surface area contributed by atoms with E-state index in [9.17, 15) is 14.7 Å². The number of hydrogen-bond donors (Lipinski definition) is 1. The number of carboxylic acids is 1. The molecule has 0 radical (unpaired) electrons. The van der Waals surface area contributed by atoms with Gasteiger partial charge in [-0.3, -0.25) is 4.79 Å². The van der Waals surface area contributed by atoms with Gasteiger partial charge in [0.1, 0.15) is 6.10 Å². The van der Waals surface area contributed by atoms with Gasteiger partial charge >= 0.3 is 11.9 Å². The van der Waals surface area contributed by atoms with Gasteiger partial charge in [0.15, 0.2) is 0 Å². The normalized spacial score (nSPS) is 28.7. The van der Waals surface area contributed by atoms with Crippen molar-refractivity contribution in [3.05, 3.63) is 71.2 Å². The minimum atomic E-state index is -0.805. The summed E-state index contributed by atoms with van der Waals surface area (Å²) in [5.74, 6) is -0.747. The third kappa shape index (κ3) is 3.89. The number of carboxylic acid groups (broad SMARTS) is 1. The molecule has 1 heterocycles. The number of rotatable bonds is 6. The lowest BCUT2D eigenvalue weighted by Gasteiger charge is -2.50. The molecule has 5 nitrogen and oxygen atoms in total. The maximum Gasteiger partial charge on any atom is 0.338 e. The summed E-state index contributed by atoms with van der Waals surface area (Å²) in [7, 11) is 0. The average molecular weight is 437 g/mol. The van der Waals surface area contributed by atoms with Crippen molar-refractivity contribution >= 4 is 11.9 Å². The first-order valence-corrected chi connectivity index (χ1v) is 11.5. The van der Waals surface area contributed by atoms with Gasteiger partial charge in [0, 0.05) is 5.56 Å². The van der Waals surface area contributed by atoms with Crippen molar-refractivity contribution in [2.24, 2.45) is 16.7 Å². The maximum absolute atomic E-state index is 12.9. The standard InChI is InChI=1S/C27H32O5/c1-18-11-12-22-21(10-7-14-26(22,2)25(29)30)27(18,3)16-23(20-13-15-31-17-20)32-24(28)19-8-5-4-6-9-19/h4-6,8-9,13,15,17-18,23H,7,10-12,14,16H2,1-3H3,(H,29,30)/t18-,23-,26+,27+/m0/s1. The number of aliphatic carboxylic acids is 1. The Labute approximate surface area is 189 Å². The highest BCUT2D eigenvalue weighted by atomic mass is 16.5. The summed E-state index contributed by atoms with van der Waals surface area (Å²) in [5, 5.41) is 10.0. The van der Waals surface area contributed by atoms with Crippen LogP contribution in [0.3, 0.4) is 0 Å². The quantitative estimate of drug-likeness (QED) is 0.409. The molecule has 0 fully saturated rings. The molecule has 1 aromatic heterocycles. The van der Waals surface area contributed by atoms with E-state index in [1.807, 2.05) is 31.2 Å². The Morgan fingerprint density at radius 2 is 1.91 bits per heavy atom. The third-order valence-corrected chi connectivity index (χ3v) is 7.99. The van der Waals surface area contributed by atoms with Gasteiger partial charge in [0.2, 0.25) is 0 Å². The number of allylic oxidation sites excluding steroid dienone is 1. The largest absolute Gasteiger partial charge is 0.481 e. The van der Waals surface area contributed by atoms with E-state index in [1.165, 1.54) is 5.57 Å². The second kappa shape index (κ2) is 8.61. The van der Waals surface area contributed by atoms with Gasteiger partial charge in [-0.25, -0.2) is 4.79 Å². The molecule has 0 aliphatic heterocycles. The van der Waals surface area contributed by atoms with Gasteiger partial charge in [-0.1, -0.05) is 43.2 Å². The van der Waals surface area contributed by atoms with Gasteiger partial charge in [-0.2, -0.15) is 0 Å². The molecule has 2 aliphatic carbocycles. The molecular formula is C27H32O5. The topological polar surface area (TPSA) is 76.7 Å². The number of carbonyl (C=O) groups excluding carboxylic acids is 1. The first kappa shape index (κ1) is 22.4. The fraction of sp³-hybridized carbons (Fsp3) is 0.481. The fourth-order valence-electron chi connectivity index (χ4n) is 5.69. The summed E-state index contributed by atoms with van der Waals surface area (Å²) in [6.45, 7) is 6.34. The highest BCUT2D eigenvalue weighted by Crippen LogP contribution is 2.58. The molecule has 2 aromatic rings. The molecule has 0 saturated heterocycles. The summed E-state index contributed by atoms with van der Waals surface area (Å²) in [5.41, 5.74) is 2.63. The molecule has 170 valence electrons. The molecule has 4 atom stereocenters. The van der Waals surface area contributed by atoms with E-state index in [0.717, 1.165) is 36.8 Å². The zero-order valence-corrected chi connectivity index (χ0v) is 19.1. The smallest absolute Gasteiger partial charge is 0.338 e. The van der Waals surface area contributed by atoms with E-state index in [0.29, 0.717) is 24.3 Å². The van der Waals surface area contributed by atoms with Crippen LogP contribution in [0, 0.1) is 16.7 Å². The van der Waals surface area contributed by atoms with Crippen molar-refractivity contribution in [1.29, 1.82) is 0 Å². The van der Waals surface area contributed by atoms with Crippen LogP contribution in [-0.4, -0.2) is 17.0 Å². The molecule has 0 unspecified atom stereocenters. The molecular weight excluding hydrogens is 404 g/mol. The van der Waals surface area contributed by atoms with E-state index < -0.39 is 17.5 Å². The molecule has 1 N–H and O–H groups in total. The van der Waals surface area contributed by atoms with E-state index >= 15 is 0 Å². The minimum Gasteiger partial charge on any atom is -0.481 e. The minimum absolute atomic E-state index is 0.260. The van der Waals surface area contributed by atoms with Gasteiger partial charge in [-0.05, 0) is 75.0 Å². The Morgan fingerprint density at radius 1 is 1.16 bits per heavy atom. The van der Waals surface area contributed by atoms with Gasteiger partial charge < -0.3 is 14.3 Å². The molecule has 2 aliphatic rings. The Hall–Kier alpha value is -2.82. The van der Waals surface area contributed by atoms with Crippen LogP contribution in [0.15, 0.2) is 64.5 Å². The van der Waals surface area contributed by atoms with Crippen LogP contribution >= 0.6 is 0 Å². The van der Waals surface area contributed by atoms with Crippen molar-refractivity contribution < 1.29 is 23.8 Å². The van der Waals surface area contributed by atoms with E-state index in [2.05, 4.69) is 13.8 Å². The van der Waals surface area contributed by atoms with Gasteiger partial charge in [0.05, 0.1) is 23.5 Å². The van der Waals surface area contributed by atoms with Gasteiger partial charge in [0.25, 0.3) is 0 Å². The molecule has 0 spiro atoms. The number of esters is 1. The summed E-state index contributed by atoms with van der Waals surface area (Å²) >= 11 is 0. The SMILES string of the molecule is C[C@H]1CCC2=C(CCC[C@@]2(C)C(=O)O)[C@]1(C)C[C@H](OC(=O)c1ccccc1)c1ccoc1. The monoisotopic (exact) mass is 436 g/mol. The number of carbonyl (C=O) groups is 2. The predicted octanol–water partition coefficient (Wildman–Crippen LogP) is 6.58. The highest BCUT2D eigenvalue weighted by Gasteiger charge is 2.50.